The molecule has 1 saturated heterocycles. The van der Waals surface area contributed by atoms with E-state index in [4.69, 9.17) is 5.84 Å². The van der Waals surface area contributed by atoms with Crippen LogP contribution in [0.4, 0.5) is 0 Å². The molecule has 0 unspecified atom stereocenters. The summed E-state index contributed by atoms with van der Waals surface area (Å²) >= 11 is 1.55. The maximum absolute atomic E-state index is 12.8. The van der Waals surface area contributed by atoms with Gasteiger partial charge in [-0.25, -0.2) is 0 Å². The highest BCUT2D eigenvalue weighted by Crippen LogP contribution is 2.34. The molecule has 0 aliphatic carbocycles. The van der Waals surface area contributed by atoms with Crippen molar-refractivity contribution in [3.8, 4) is 0 Å². The van der Waals surface area contributed by atoms with Crippen molar-refractivity contribution in [3.05, 3.63) is 57.9 Å². The number of likely N-dealkylation sites (tertiary alicyclic amines) is 1. The van der Waals surface area contributed by atoms with E-state index in [1.54, 1.807) is 16.0 Å². The molecular formula is C24H31N3OS. The van der Waals surface area contributed by atoms with Gasteiger partial charge in [-0.3, -0.25) is 9.47 Å². The Kier molecular flexibility index (Phi) is 6.36. The molecule has 0 bridgehead atoms. The molecule has 5 heteroatoms. The van der Waals surface area contributed by atoms with E-state index in [9.17, 15) is 4.79 Å². The van der Waals surface area contributed by atoms with Crippen LogP contribution in [0.25, 0.3) is 10.9 Å². The van der Waals surface area contributed by atoms with Gasteiger partial charge in [-0.05, 0) is 80.0 Å². The fourth-order valence-corrected chi connectivity index (χ4v) is 5.17. The second-order valence-electron chi connectivity index (χ2n) is 8.24. The fourth-order valence-electron chi connectivity index (χ4n) is 4.54. The number of ketones is 1. The molecule has 2 N–H and O–H groups in total. The van der Waals surface area contributed by atoms with Crippen molar-refractivity contribution >= 4 is 28.0 Å². The summed E-state index contributed by atoms with van der Waals surface area (Å²) in [6, 6.07) is 7.82. The van der Waals surface area contributed by atoms with Gasteiger partial charge < -0.3 is 10.7 Å². The van der Waals surface area contributed by atoms with Gasteiger partial charge in [-0.1, -0.05) is 26.2 Å². The normalized spacial score (nSPS) is 15.9. The van der Waals surface area contributed by atoms with Crippen molar-refractivity contribution in [3.63, 3.8) is 0 Å². The number of nitrogens with two attached hydrogens (primary N) is 1. The number of carbonyl (C=O) groups is 1. The second kappa shape index (κ2) is 9.14. The van der Waals surface area contributed by atoms with Crippen molar-refractivity contribution in [1.82, 2.24) is 9.58 Å². The Bertz CT molecular complexity index is 952. The predicted molar refractivity (Wildman–Crippen MR) is 122 cm³/mol. The summed E-state index contributed by atoms with van der Waals surface area (Å²) in [6.07, 6.45) is 9.70. The van der Waals surface area contributed by atoms with E-state index in [1.165, 1.54) is 37.8 Å². The molecule has 4 nitrogen and oxygen atoms in total. The third-order valence-corrected chi connectivity index (χ3v) is 6.95. The van der Waals surface area contributed by atoms with Gasteiger partial charge in [0, 0.05) is 28.1 Å². The molecule has 2 aromatic heterocycles. The summed E-state index contributed by atoms with van der Waals surface area (Å²) in [5, 5.41) is 5.00. The number of carbonyl (C=O) groups excluding carboxylic acids is 1. The highest BCUT2D eigenvalue weighted by molar-refractivity contribution is 7.08. The second-order valence-corrected chi connectivity index (χ2v) is 9.02. The van der Waals surface area contributed by atoms with Gasteiger partial charge in [-0.15, -0.1) is 0 Å². The van der Waals surface area contributed by atoms with Crippen LogP contribution in [0, 0.1) is 0 Å². The molecule has 0 atom stereocenters. The van der Waals surface area contributed by atoms with Crippen molar-refractivity contribution in [1.29, 1.82) is 0 Å². The molecule has 3 heterocycles. The third kappa shape index (κ3) is 4.41. The molecule has 1 fully saturated rings. The average Bonchev–Trinajstić information content (AvgIpc) is 3.40. The van der Waals surface area contributed by atoms with Gasteiger partial charge in [0.15, 0.2) is 5.78 Å². The summed E-state index contributed by atoms with van der Waals surface area (Å²) in [5.74, 6) is 6.85. The van der Waals surface area contributed by atoms with Gasteiger partial charge in [-0.2, -0.15) is 11.3 Å². The van der Waals surface area contributed by atoms with Crippen LogP contribution in [0.3, 0.4) is 0 Å². The van der Waals surface area contributed by atoms with Crippen molar-refractivity contribution in [2.75, 3.05) is 25.5 Å². The molecule has 1 aromatic carbocycles. The Balaban J connectivity index is 1.49. The maximum Gasteiger partial charge on any atom is 0.193 e. The zero-order valence-electron chi connectivity index (χ0n) is 17.3. The lowest BCUT2D eigenvalue weighted by molar-refractivity contribution is 0.103. The topological polar surface area (TPSA) is 51.3 Å². The Hall–Kier alpha value is -2.11. The number of piperidine rings is 1. The first kappa shape index (κ1) is 20.2. The Labute approximate surface area is 177 Å². The molecule has 1 aliphatic heterocycles. The number of aromatic nitrogens is 1. The third-order valence-electron chi connectivity index (χ3n) is 6.26. The van der Waals surface area contributed by atoms with Crippen LogP contribution in [0.2, 0.25) is 0 Å². The lowest BCUT2D eigenvalue weighted by Gasteiger charge is -2.32. The summed E-state index contributed by atoms with van der Waals surface area (Å²) in [4.78, 5) is 15.4. The molecule has 1 aliphatic rings. The summed E-state index contributed by atoms with van der Waals surface area (Å²) in [7, 11) is 0. The average molecular weight is 410 g/mol. The number of nitrogens with zero attached hydrogens (tertiary/aromatic N) is 2. The molecule has 0 saturated carbocycles. The summed E-state index contributed by atoms with van der Waals surface area (Å²) < 4.78 is 1.72. The summed E-state index contributed by atoms with van der Waals surface area (Å²) in [6.45, 7) is 5.80. The zero-order valence-corrected chi connectivity index (χ0v) is 18.1. The molecule has 0 amide bonds. The van der Waals surface area contributed by atoms with Gasteiger partial charge in [0.1, 0.15) is 0 Å². The van der Waals surface area contributed by atoms with E-state index >= 15 is 0 Å². The smallest absolute Gasteiger partial charge is 0.193 e. The van der Waals surface area contributed by atoms with Gasteiger partial charge in [0.25, 0.3) is 0 Å². The highest BCUT2D eigenvalue weighted by atomic mass is 32.1. The van der Waals surface area contributed by atoms with E-state index in [-0.39, 0.29) is 5.78 Å². The lowest BCUT2D eigenvalue weighted by Crippen LogP contribution is -2.33. The van der Waals surface area contributed by atoms with Gasteiger partial charge in [0.05, 0.1) is 5.52 Å². The molecule has 0 spiro atoms. The van der Waals surface area contributed by atoms with E-state index in [2.05, 4.69) is 18.0 Å². The minimum atomic E-state index is 0.0887. The van der Waals surface area contributed by atoms with Crippen LogP contribution >= 0.6 is 11.3 Å². The number of thiophene rings is 1. The first-order valence-electron chi connectivity index (χ1n) is 10.9. The molecule has 3 aromatic rings. The Morgan fingerprint density at radius 2 is 1.97 bits per heavy atom. The van der Waals surface area contributed by atoms with Crippen LogP contribution in [-0.2, 0) is 0 Å². The van der Waals surface area contributed by atoms with Gasteiger partial charge >= 0.3 is 0 Å². The SMILES string of the molecule is CCCCCCN1CCC(c2cn(N)c3ccc(C(=O)c4ccsc4)cc23)CC1. The quantitative estimate of drug-likeness (QED) is 0.307. The van der Waals surface area contributed by atoms with E-state index in [1.807, 2.05) is 35.0 Å². The van der Waals surface area contributed by atoms with Crippen LogP contribution < -0.4 is 5.84 Å². The maximum atomic E-state index is 12.8. The Morgan fingerprint density at radius 1 is 1.14 bits per heavy atom. The predicted octanol–water partition coefficient (Wildman–Crippen LogP) is 5.41. The number of benzene rings is 1. The van der Waals surface area contributed by atoms with Gasteiger partial charge in [0.2, 0.25) is 0 Å². The number of rotatable bonds is 8. The number of hydrogen-bond acceptors (Lipinski definition) is 4. The molecular weight excluding hydrogens is 378 g/mol. The number of nitrogen functional groups attached to an aromatic ring is 1. The minimum absolute atomic E-state index is 0.0887. The molecule has 0 radical (unpaired) electrons. The van der Waals surface area contributed by atoms with E-state index in [0.717, 1.165) is 48.0 Å². The monoisotopic (exact) mass is 409 g/mol. The number of fused-ring (bicyclic) bond motifs is 1. The molecule has 29 heavy (non-hydrogen) atoms. The molecule has 154 valence electrons. The first-order valence-corrected chi connectivity index (χ1v) is 11.8. The first-order chi connectivity index (χ1) is 14.2. The van der Waals surface area contributed by atoms with Crippen LogP contribution in [-0.4, -0.2) is 35.0 Å². The van der Waals surface area contributed by atoms with Crippen molar-refractivity contribution in [2.24, 2.45) is 0 Å². The van der Waals surface area contributed by atoms with E-state index < -0.39 is 0 Å². The Morgan fingerprint density at radius 3 is 2.69 bits per heavy atom. The standard InChI is InChI=1S/C24H31N3OS/c1-2-3-4-5-11-26-12-8-18(9-13-26)22-16-27(25)23-7-6-19(15-21(22)23)24(28)20-10-14-29-17-20/h6-7,10,14-18H,2-5,8-9,11-13,25H2,1H3. The van der Waals surface area contributed by atoms with Crippen LogP contribution in [0.5, 0.6) is 0 Å². The largest absolute Gasteiger partial charge is 0.339 e. The lowest BCUT2D eigenvalue weighted by atomic mass is 9.88. The number of unbranched alkanes of at least 4 members (excludes halogenated alkanes) is 3. The minimum Gasteiger partial charge on any atom is -0.339 e. The van der Waals surface area contributed by atoms with Crippen LogP contribution in [0.15, 0.2) is 41.2 Å². The highest BCUT2D eigenvalue weighted by Gasteiger charge is 2.24. The van der Waals surface area contributed by atoms with E-state index in [0.29, 0.717) is 5.92 Å². The van der Waals surface area contributed by atoms with Crippen molar-refractivity contribution < 1.29 is 4.79 Å². The number of hydrogen-bond donors (Lipinski definition) is 1. The summed E-state index contributed by atoms with van der Waals surface area (Å²) in [5.41, 5.74) is 3.81. The fraction of sp³-hybridized carbons (Fsp3) is 0.458. The molecule has 4 rings (SSSR count). The van der Waals surface area contributed by atoms with Crippen molar-refractivity contribution in [2.45, 2.75) is 51.4 Å². The zero-order chi connectivity index (χ0) is 20.2. The van der Waals surface area contributed by atoms with Crippen LogP contribution in [0.1, 0.15) is 72.9 Å².